The second kappa shape index (κ2) is 6.50. The minimum atomic E-state index is -0.0749. The Morgan fingerprint density at radius 1 is 1.11 bits per heavy atom. The van der Waals surface area contributed by atoms with Gasteiger partial charge in [-0.15, -0.1) is 0 Å². The van der Waals surface area contributed by atoms with Crippen LogP contribution in [0.25, 0.3) is 0 Å². The van der Waals surface area contributed by atoms with E-state index in [0.29, 0.717) is 12.1 Å². The second-order valence-corrected chi connectivity index (χ2v) is 4.05. The fourth-order valence-corrected chi connectivity index (χ4v) is 1.64. The van der Waals surface area contributed by atoms with Crippen LogP contribution in [-0.2, 0) is 6.54 Å². The Morgan fingerprint density at radius 3 is 2.42 bits per heavy atom. The van der Waals surface area contributed by atoms with Gasteiger partial charge in [0, 0.05) is 5.56 Å². The van der Waals surface area contributed by atoms with Crippen molar-refractivity contribution in [3.05, 3.63) is 65.7 Å². The number of hydrogen-bond donors (Lipinski definition) is 0. The van der Waals surface area contributed by atoms with Crippen molar-refractivity contribution in [2.45, 2.75) is 6.54 Å². The van der Waals surface area contributed by atoms with E-state index in [4.69, 9.17) is 4.74 Å². The van der Waals surface area contributed by atoms with Crippen molar-refractivity contribution >= 4 is 12.0 Å². The van der Waals surface area contributed by atoms with Gasteiger partial charge < -0.3 is 4.74 Å². The molecule has 0 aliphatic rings. The summed E-state index contributed by atoms with van der Waals surface area (Å²) < 4.78 is 5.08. The Labute approximate surface area is 112 Å². The smallest absolute Gasteiger partial charge is 0.203 e. The van der Waals surface area contributed by atoms with Crippen LogP contribution in [-0.4, -0.2) is 19.1 Å². The van der Waals surface area contributed by atoms with E-state index in [9.17, 15) is 4.79 Å². The van der Waals surface area contributed by atoms with E-state index in [1.54, 1.807) is 19.2 Å². The molecule has 0 amide bonds. The molecule has 0 heterocycles. The maximum atomic E-state index is 11.8. The van der Waals surface area contributed by atoms with Crippen molar-refractivity contribution in [1.29, 1.82) is 0 Å². The summed E-state index contributed by atoms with van der Waals surface area (Å²) in [5.74, 6) is 0.738. The average Bonchev–Trinajstić information content (AvgIpc) is 2.49. The fourth-order valence-electron chi connectivity index (χ4n) is 1.64. The number of ether oxygens (including phenoxy) is 1. The zero-order valence-corrected chi connectivity index (χ0v) is 10.7. The lowest BCUT2D eigenvalue weighted by atomic mass is 10.1. The Balaban J connectivity index is 1.94. The summed E-state index contributed by atoms with van der Waals surface area (Å²) >= 11 is 0. The summed E-state index contributed by atoms with van der Waals surface area (Å²) in [5, 5.41) is 0. The monoisotopic (exact) mass is 253 g/mol. The number of rotatable bonds is 5. The van der Waals surface area contributed by atoms with Gasteiger partial charge in [-0.2, -0.15) is 0 Å². The summed E-state index contributed by atoms with van der Waals surface area (Å²) in [6.07, 6.45) is 1.37. The van der Waals surface area contributed by atoms with Gasteiger partial charge in [-0.3, -0.25) is 9.79 Å². The molecule has 2 aromatic carbocycles. The highest BCUT2D eigenvalue weighted by Gasteiger charge is 2.00. The summed E-state index contributed by atoms with van der Waals surface area (Å²) in [7, 11) is 1.63. The molecule has 0 saturated heterocycles. The van der Waals surface area contributed by atoms with E-state index in [1.807, 2.05) is 42.5 Å². The number of carbonyl (C=O) groups is 1. The van der Waals surface area contributed by atoms with E-state index in [-0.39, 0.29) is 5.78 Å². The van der Waals surface area contributed by atoms with Gasteiger partial charge in [0.1, 0.15) is 5.75 Å². The summed E-state index contributed by atoms with van der Waals surface area (Å²) in [4.78, 5) is 15.9. The lowest BCUT2D eigenvalue weighted by Gasteiger charge is -2.00. The zero-order chi connectivity index (χ0) is 13.5. The largest absolute Gasteiger partial charge is 0.497 e. The van der Waals surface area contributed by atoms with Crippen molar-refractivity contribution in [2.75, 3.05) is 7.11 Å². The van der Waals surface area contributed by atoms with Gasteiger partial charge in [-0.05, 0) is 17.7 Å². The van der Waals surface area contributed by atoms with Gasteiger partial charge in [0.05, 0.1) is 19.9 Å². The first kappa shape index (κ1) is 13.0. The number of nitrogens with zero attached hydrogens (tertiary/aromatic N) is 1. The second-order valence-electron chi connectivity index (χ2n) is 4.05. The van der Waals surface area contributed by atoms with Crippen molar-refractivity contribution in [1.82, 2.24) is 0 Å². The maximum absolute atomic E-state index is 11.8. The van der Waals surface area contributed by atoms with Crippen LogP contribution >= 0.6 is 0 Å². The number of hydrogen-bond acceptors (Lipinski definition) is 3. The lowest BCUT2D eigenvalue weighted by Crippen LogP contribution is -2.00. The zero-order valence-electron chi connectivity index (χ0n) is 10.7. The topological polar surface area (TPSA) is 38.7 Å². The molecule has 0 bridgehead atoms. The third-order valence-electron chi connectivity index (χ3n) is 2.70. The van der Waals surface area contributed by atoms with Crippen LogP contribution in [0.3, 0.4) is 0 Å². The first-order valence-corrected chi connectivity index (χ1v) is 6.02. The molecule has 0 saturated carbocycles. The van der Waals surface area contributed by atoms with E-state index < -0.39 is 0 Å². The molecule has 19 heavy (non-hydrogen) atoms. The highest BCUT2D eigenvalue weighted by Crippen LogP contribution is 2.11. The molecule has 0 spiro atoms. The van der Waals surface area contributed by atoms with Crippen LogP contribution in [0.2, 0.25) is 0 Å². The van der Waals surface area contributed by atoms with Crippen LogP contribution in [0.15, 0.2) is 59.6 Å². The number of Topliss-reactive ketones (excluding diaryl/α,β-unsaturated/α-hetero) is 1. The van der Waals surface area contributed by atoms with Crippen LogP contribution in [0.5, 0.6) is 5.75 Å². The molecular formula is C16H15NO2. The molecule has 0 atom stereocenters. The molecule has 2 rings (SSSR count). The Bertz CT molecular complexity index is 559. The molecule has 0 aromatic heterocycles. The van der Waals surface area contributed by atoms with E-state index in [1.165, 1.54) is 6.21 Å². The van der Waals surface area contributed by atoms with Gasteiger partial charge >= 0.3 is 0 Å². The van der Waals surface area contributed by atoms with Crippen LogP contribution in [0.1, 0.15) is 15.9 Å². The highest BCUT2D eigenvalue weighted by molar-refractivity contribution is 6.35. The predicted molar refractivity (Wildman–Crippen MR) is 76.0 cm³/mol. The van der Waals surface area contributed by atoms with E-state index in [0.717, 1.165) is 11.3 Å². The van der Waals surface area contributed by atoms with Crippen molar-refractivity contribution in [3.8, 4) is 5.75 Å². The standard InChI is InChI=1S/C16H15NO2/c1-19-15-9-7-13(8-10-15)11-17-12-16(18)14-5-3-2-4-6-14/h2-10,12H,11H2,1H3. The Morgan fingerprint density at radius 2 is 1.79 bits per heavy atom. The molecule has 0 unspecified atom stereocenters. The molecule has 0 N–H and O–H groups in total. The first-order chi connectivity index (χ1) is 9.29. The van der Waals surface area contributed by atoms with Gasteiger partial charge in [-0.25, -0.2) is 0 Å². The average molecular weight is 253 g/mol. The van der Waals surface area contributed by atoms with Crippen molar-refractivity contribution in [3.63, 3.8) is 0 Å². The van der Waals surface area contributed by atoms with Crippen LogP contribution in [0, 0.1) is 0 Å². The van der Waals surface area contributed by atoms with Gasteiger partial charge in [0.15, 0.2) is 0 Å². The number of benzene rings is 2. The molecule has 2 aromatic rings. The molecule has 3 nitrogen and oxygen atoms in total. The maximum Gasteiger partial charge on any atom is 0.203 e. The molecule has 0 radical (unpaired) electrons. The van der Waals surface area contributed by atoms with Gasteiger partial charge in [0.25, 0.3) is 0 Å². The Kier molecular flexibility index (Phi) is 4.45. The number of carbonyl (C=O) groups excluding carboxylic acids is 1. The minimum Gasteiger partial charge on any atom is -0.497 e. The molecule has 3 heteroatoms. The number of aliphatic imine (C=N–C) groups is 1. The predicted octanol–water partition coefficient (Wildman–Crippen LogP) is 3.15. The summed E-state index contributed by atoms with van der Waals surface area (Å²) in [6, 6.07) is 16.7. The summed E-state index contributed by atoms with van der Waals surface area (Å²) in [5.41, 5.74) is 1.69. The highest BCUT2D eigenvalue weighted by atomic mass is 16.5. The minimum absolute atomic E-state index is 0.0749. The van der Waals surface area contributed by atoms with E-state index >= 15 is 0 Å². The number of ketones is 1. The SMILES string of the molecule is COc1ccc(CN=CC(=O)c2ccccc2)cc1. The Hall–Kier alpha value is -2.42. The van der Waals surface area contributed by atoms with Gasteiger partial charge in [0.2, 0.25) is 5.78 Å². The van der Waals surface area contributed by atoms with Crippen molar-refractivity contribution in [2.24, 2.45) is 4.99 Å². The molecule has 0 fully saturated rings. The molecule has 96 valence electrons. The third kappa shape index (κ3) is 3.78. The van der Waals surface area contributed by atoms with E-state index in [2.05, 4.69) is 4.99 Å². The third-order valence-corrected chi connectivity index (χ3v) is 2.70. The first-order valence-electron chi connectivity index (χ1n) is 6.02. The van der Waals surface area contributed by atoms with Gasteiger partial charge in [-0.1, -0.05) is 42.5 Å². The van der Waals surface area contributed by atoms with Crippen molar-refractivity contribution < 1.29 is 9.53 Å². The molecule has 0 aliphatic heterocycles. The van der Waals surface area contributed by atoms with Crippen LogP contribution in [0.4, 0.5) is 0 Å². The van der Waals surface area contributed by atoms with Crippen LogP contribution < -0.4 is 4.74 Å². The summed E-state index contributed by atoms with van der Waals surface area (Å²) in [6.45, 7) is 0.489. The molecule has 0 aliphatic carbocycles. The quantitative estimate of drug-likeness (QED) is 0.606. The lowest BCUT2D eigenvalue weighted by molar-refractivity contribution is 0.107. The fraction of sp³-hybridized carbons (Fsp3) is 0.125. The normalized spacial score (nSPS) is 10.6. The number of methoxy groups -OCH3 is 1. The molecular weight excluding hydrogens is 238 g/mol.